The molecule has 3 heterocycles. The van der Waals surface area contributed by atoms with E-state index in [1.807, 2.05) is 30.6 Å². The molecule has 3 aromatic rings. The van der Waals surface area contributed by atoms with Crippen molar-refractivity contribution in [2.45, 2.75) is 25.3 Å². The van der Waals surface area contributed by atoms with Gasteiger partial charge in [0.1, 0.15) is 11.6 Å². The third kappa shape index (κ3) is 4.03. The molecule has 0 amide bonds. The van der Waals surface area contributed by atoms with Crippen molar-refractivity contribution in [1.82, 2.24) is 19.4 Å². The highest BCUT2D eigenvalue weighted by Crippen LogP contribution is 2.29. The number of hydrogen-bond donors (Lipinski definition) is 0. The average molecular weight is 362 g/mol. The minimum atomic E-state index is 0.463. The molecule has 27 heavy (non-hydrogen) atoms. The number of likely N-dealkylation sites (tertiary alicyclic amines) is 1. The number of nitrogens with zero attached hydrogens (tertiary/aromatic N) is 4. The molecular formula is C22H26N4O. The van der Waals surface area contributed by atoms with Gasteiger partial charge >= 0.3 is 0 Å². The van der Waals surface area contributed by atoms with E-state index in [0.717, 1.165) is 42.5 Å². The van der Waals surface area contributed by atoms with Crippen LogP contribution in [0.2, 0.25) is 0 Å². The van der Waals surface area contributed by atoms with E-state index in [2.05, 4.69) is 45.8 Å². The first-order valence-corrected chi connectivity index (χ1v) is 9.53. The number of aromatic nitrogens is 3. The zero-order valence-corrected chi connectivity index (χ0v) is 16.0. The van der Waals surface area contributed by atoms with E-state index in [9.17, 15) is 0 Å². The summed E-state index contributed by atoms with van der Waals surface area (Å²) in [6.45, 7) is 3.05. The second-order valence-corrected chi connectivity index (χ2v) is 7.21. The highest BCUT2D eigenvalue weighted by atomic mass is 16.5. The summed E-state index contributed by atoms with van der Waals surface area (Å²) >= 11 is 0. The number of piperidine rings is 1. The van der Waals surface area contributed by atoms with E-state index in [4.69, 9.17) is 9.72 Å². The Balaban J connectivity index is 1.51. The lowest BCUT2D eigenvalue weighted by atomic mass is 9.94. The Hall–Kier alpha value is -2.66. The van der Waals surface area contributed by atoms with Crippen molar-refractivity contribution in [3.63, 3.8) is 0 Å². The molecule has 1 saturated heterocycles. The third-order valence-corrected chi connectivity index (χ3v) is 5.35. The Bertz CT molecular complexity index is 905. The van der Waals surface area contributed by atoms with Gasteiger partial charge in [0.15, 0.2) is 0 Å². The van der Waals surface area contributed by atoms with Crippen LogP contribution in [0.25, 0.3) is 11.3 Å². The number of methoxy groups -OCH3 is 1. The summed E-state index contributed by atoms with van der Waals surface area (Å²) in [5, 5.41) is 0. The molecule has 0 N–H and O–H groups in total. The van der Waals surface area contributed by atoms with Crippen molar-refractivity contribution in [3.8, 4) is 17.0 Å². The maximum absolute atomic E-state index is 5.35. The Labute approximate surface area is 160 Å². The number of benzene rings is 1. The van der Waals surface area contributed by atoms with Crippen molar-refractivity contribution in [2.24, 2.45) is 7.05 Å². The number of rotatable bonds is 5. The van der Waals surface area contributed by atoms with Gasteiger partial charge in [-0.15, -0.1) is 0 Å². The normalized spacial score (nSPS) is 17.8. The molecule has 5 nitrogen and oxygen atoms in total. The van der Waals surface area contributed by atoms with Crippen LogP contribution in [0, 0.1) is 0 Å². The molecule has 1 aliphatic heterocycles. The van der Waals surface area contributed by atoms with Gasteiger partial charge in [-0.25, -0.2) is 4.98 Å². The summed E-state index contributed by atoms with van der Waals surface area (Å²) in [4.78, 5) is 12.0. The van der Waals surface area contributed by atoms with E-state index in [-0.39, 0.29) is 0 Å². The number of aryl methyl sites for hydroxylation is 1. The van der Waals surface area contributed by atoms with Gasteiger partial charge in [0.2, 0.25) is 0 Å². The van der Waals surface area contributed by atoms with E-state index in [1.165, 1.54) is 18.5 Å². The summed E-state index contributed by atoms with van der Waals surface area (Å²) in [7, 11) is 3.75. The van der Waals surface area contributed by atoms with E-state index in [0.29, 0.717) is 5.92 Å². The molecule has 0 saturated carbocycles. The van der Waals surface area contributed by atoms with Crippen LogP contribution < -0.4 is 4.74 Å². The van der Waals surface area contributed by atoms with Crippen molar-refractivity contribution >= 4 is 0 Å². The van der Waals surface area contributed by atoms with Crippen molar-refractivity contribution in [2.75, 3.05) is 20.2 Å². The smallest absolute Gasteiger partial charge is 0.122 e. The second-order valence-electron chi connectivity index (χ2n) is 7.21. The van der Waals surface area contributed by atoms with E-state index in [1.54, 1.807) is 7.11 Å². The first-order chi connectivity index (χ1) is 13.2. The molecule has 1 aliphatic rings. The molecule has 4 rings (SSSR count). The molecule has 0 aliphatic carbocycles. The molecule has 0 radical (unpaired) electrons. The fraction of sp³-hybridized carbons (Fsp3) is 0.364. The quantitative estimate of drug-likeness (QED) is 0.691. The lowest BCUT2D eigenvalue weighted by Gasteiger charge is -2.32. The predicted octanol–water partition coefficient (Wildman–Crippen LogP) is 3.87. The second kappa shape index (κ2) is 7.92. The van der Waals surface area contributed by atoms with E-state index >= 15 is 0 Å². The van der Waals surface area contributed by atoms with Crippen LogP contribution >= 0.6 is 0 Å². The highest BCUT2D eigenvalue weighted by Gasteiger charge is 2.23. The highest BCUT2D eigenvalue weighted by molar-refractivity contribution is 5.61. The molecule has 0 spiro atoms. The molecule has 1 fully saturated rings. The standard InChI is InChI=1S/C22H26N4O/c1-25-13-11-23-22(25)16-26-12-5-7-18(15-26)21-10-4-9-20(24-21)17-6-3-8-19(14-17)27-2/h3-4,6,8-11,13-14,18H,5,7,12,15-16H2,1-2H3/t18-/m1/s1. The number of ether oxygens (including phenoxy) is 1. The maximum Gasteiger partial charge on any atom is 0.122 e. The molecule has 1 atom stereocenters. The van der Waals surface area contributed by atoms with Gasteiger partial charge in [-0.05, 0) is 43.7 Å². The molecule has 0 unspecified atom stereocenters. The maximum atomic E-state index is 5.35. The van der Waals surface area contributed by atoms with Gasteiger partial charge in [-0.2, -0.15) is 0 Å². The van der Waals surface area contributed by atoms with Crippen LogP contribution in [-0.4, -0.2) is 39.6 Å². The zero-order valence-electron chi connectivity index (χ0n) is 16.0. The monoisotopic (exact) mass is 362 g/mol. The fourth-order valence-electron chi connectivity index (χ4n) is 3.81. The molecule has 1 aromatic carbocycles. The summed E-state index contributed by atoms with van der Waals surface area (Å²) < 4.78 is 7.46. The van der Waals surface area contributed by atoms with Crippen molar-refractivity contribution in [3.05, 3.63) is 66.4 Å². The third-order valence-electron chi connectivity index (χ3n) is 5.35. The molecule has 0 bridgehead atoms. The first-order valence-electron chi connectivity index (χ1n) is 9.53. The largest absolute Gasteiger partial charge is 0.497 e. The van der Waals surface area contributed by atoms with Crippen LogP contribution in [0.3, 0.4) is 0 Å². The molecular weight excluding hydrogens is 336 g/mol. The molecule has 5 heteroatoms. The topological polar surface area (TPSA) is 43.2 Å². The van der Waals surface area contributed by atoms with Crippen molar-refractivity contribution in [1.29, 1.82) is 0 Å². The van der Waals surface area contributed by atoms with Crippen LogP contribution in [0.1, 0.15) is 30.3 Å². The van der Waals surface area contributed by atoms with Gasteiger partial charge < -0.3 is 9.30 Å². The van der Waals surface area contributed by atoms with Crippen LogP contribution in [0.15, 0.2) is 54.9 Å². The Morgan fingerprint density at radius 3 is 2.89 bits per heavy atom. The molecule has 140 valence electrons. The van der Waals surface area contributed by atoms with Crippen LogP contribution in [0.5, 0.6) is 5.75 Å². The minimum absolute atomic E-state index is 0.463. The lowest BCUT2D eigenvalue weighted by Crippen LogP contribution is -2.34. The summed E-state index contributed by atoms with van der Waals surface area (Å²) in [5.74, 6) is 2.44. The Morgan fingerprint density at radius 2 is 2.07 bits per heavy atom. The van der Waals surface area contributed by atoms with Gasteiger partial charge in [-0.3, -0.25) is 9.88 Å². The van der Waals surface area contributed by atoms with Crippen LogP contribution in [0.4, 0.5) is 0 Å². The average Bonchev–Trinajstić information content (AvgIpc) is 3.13. The van der Waals surface area contributed by atoms with Gasteiger partial charge in [0, 0.05) is 43.2 Å². The number of imidazole rings is 1. The predicted molar refractivity (Wildman–Crippen MR) is 107 cm³/mol. The summed E-state index contributed by atoms with van der Waals surface area (Å²) in [6.07, 6.45) is 6.26. The molecule has 2 aromatic heterocycles. The Morgan fingerprint density at radius 1 is 1.19 bits per heavy atom. The van der Waals surface area contributed by atoms with Gasteiger partial charge in [0.25, 0.3) is 0 Å². The zero-order chi connectivity index (χ0) is 18.6. The summed E-state index contributed by atoms with van der Waals surface area (Å²) in [5.41, 5.74) is 3.28. The first kappa shape index (κ1) is 17.7. The number of pyridine rings is 1. The summed E-state index contributed by atoms with van der Waals surface area (Å²) in [6, 6.07) is 14.5. The van der Waals surface area contributed by atoms with E-state index < -0.39 is 0 Å². The number of hydrogen-bond acceptors (Lipinski definition) is 4. The fourth-order valence-corrected chi connectivity index (χ4v) is 3.81. The Kier molecular flexibility index (Phi) is 5.21. The van der Waals surface area contributed by atoms with Gasteiger partial charge in [0.05, 0.1) is 19.3 Å². The van der Waals surface area contributed by atoms with Gasteiger partial charge in [-0.1, -0.05) is 18.2 Å². The van der Waals surface area contributed by atoms with Crippen molar-refractivity contribution < 1.29 is 4.74 Å². The SMILES string of the molecule is COc1cccc(-c2cccc([C@@H]3CCCN(Cc4nccn4C)C3)n2)c1. The minimum Gasteiger partial charge on any atom is -0.497 e. The van der Waals surface area contributed by atoms with Crippen LogP contribution in [-0.2, 0) is 13.6 Å². The lowest BCUT2D eigenvalue weighted by molar-refractivity contribution is 0.192.